The van der Waals surface area contributed by atoms with Gasteiger partial charge in [-0.05, 0) is 43.5 Å². The Hall–Kier alpha value is -0.970. The van der Waals surface area contributed by atoms with Crippen LogP contribution >= 0.6 is 0 Å². The van der Waals surface area contributed by atoms with Gasteiger partial charge in [-0.2, -0.15) is 0 Å². The van der Waals surface area contributed by atoms with Gasteiger partial charge in [0, 0.05) is 38.8 Å². The van der Waals surface area contributed by atoms with E-state index in [1.165, 1.54) is 13.0 Å². The Balaban J connectivity index is 1.76. The number of hydrogen-bond donors (Lipinski definition) is 1. The summed E-state index contributed by atoms with van der Waals surface area (Å²) in [4.78, 5) is 4.99. The first-order valence-corrected chi connectivity index (χ1v) is 8.06. The summed E-state index contributed by atoms with van der Waals surface area (Å²) in [5, 5.41) is 0. The quantitative estimate of drug-likeness (QED) is 0.875. The number of hydrogen-bond acceptors (Lipinski definition) is 3. The molecule has 0 saturated carbocycles. The fourth-order valence-corrected chi connectivity index (χ4v) is 2.88. The van der Waals surface area contributed by atoms with E-state index in [0.29, 0.717) is 5.56 Å². The first-order valence-electron chi connectivity index (χ1n) is 8.06. The van der Waals surface area contributed by atoms with Crippen LogP contribution in [0.2, 0.25) is 0 Å². The molecule has 1 aliphatic rings. The molecule has 1 heterocycles. The molecular weight excluding hydrogens is 265 g/mol. The van der Waals surface area contributed by atoms with Crippen LogP contribution in [0.25, 0.3) is 0 Å². The van der Waals surface area contributed by atoms with Crippen LogP contribution in [0.5, 0.6) is 0 Å². The highest BCUT2D eigenvalue weighted by atomic mass is 19.1. The van der Waals surface area contributed by atoms with Crippen LogP contribution in [0.15, 0.2) is 18.2 Å². The Morgan fingerprint density at radius 1 is 1.14 bits per heavy atom. The van der Waals surface area contributed by atoms with Crippen LogP contribution < -0.4 is 5.73 Å². The van der Waals surface area contributed by atoms with Crippen molar-refractivity contribution in [2.24, 2.45) is 5.73 Å². The molecule has 0 spiro atoms. The first kappa shape index (κ1) is 16.4. The molecule has 1 aromatic carbocycles. The van der Waals surface area contributed by atoms with Gasteiger partial charge in [0.1, 0.15) is 5.82 Å². The van der Waals surface area contributed by atoms with Crippen molar-refractivity contribution >= 4 is 0 Å². The van der Waals surface area contributed by atoms with Gasteiger partial charge in [0.15, 0.2) is 0 Å². The number of benzene rings is 1. The summed E-state index contributed by atoms with van der Waals surface area (Å²) >= 11 is 0. The molecule has 1 atom stereocenters. The molecule has 118 valence electrons. The van der Waals surface area contributed by atoms with Crippen molar-refractivity contribution in [1.29, 1.82) is 0 Å². The fraction of sp³-hybridized carbons (Fsp3) is 0.647. The van der Waals surface area contributed by atoms with E-state index in [0.717, 1.165) is 44.7 Å². The van der Waals surface area contributed by atoms with E-state index in [-0.39, 0.29) is 11.9 Å². The summed E-state index contributed by atoms with van der Waals surface area (Å²) in [7, 11) is 0. The van der Waals surface area contributed by atoms with E-state index in [4.69, 9.17) is 5.73 Å². The second-order valence-corrected chi connectivity index (χ2v) is 6.09. The number of nitrogens with zero attached hydrogens (tertiary/aromatic N) is 2. The molecule has 0 radical (unpaired) electrons. The maximum atomic E-state index is 13.6. The largest absolute Gasteiger partial charge is 0.324 e. The van der Waals surface area contributed by atoms with Gasteiger partial charge in [-0.25, -0.2) is 4.39 Å². The molecule has 1 aliphatic heterocycles. The third-order valence-corrected chi connectivity index (χ3v) is 4.39. The summed E-state index contributed by atoms with van der Waals surface area (Å²) < 4.78 is 13.6. The Bertz CT molecular complexity index is 442. The number of piperazine rings is 1. The van der Waals surface area contributed by atoms with E-state index in [1.54, 1.807) is 13.0 Å². The highest BCUT2D eigenvalue weighted by Gasteiger charge is 2.17. The van der Waals surface area contributed by atoms with Crippen molar-refractivity contribution in [1.82, 2.24) is 9.80 Å². The van der Waals surface area contributed by atoms with Crippen molar-refractivity contribution in [3.05, 3.63) is 35.1 Å². The third-order valence-electron chi connectivity index (χ3n) is 4.39. The van der Waals surface area contributed by atoms with Crippen molar-refractivity contribution in [2.45, 2.75) is 32.7 Å². The Morgan fingerprint density at radius 2 is 1.76 bits per heavy atom. The fourth-order valence-electron chi connectivity index (χ4n) is 2.88. The van der Waals surface area contributed by atoms with Gasteiger partial charge in [-0.15, -0.1) is 0 Å². The first-order chi connectivity index (χ1) is 10.1. The smallest absolute Gasteiger partial charge is 0.126 e. The minimum Gasteiger partial charge on any atom is -0.324 e. The van der Waals surface area contributed by atoms with E-state index in [9.17, 15) is 4.39 Å². The molecule has 4 heteroatoms. The number of rotatable bonds is 6. The molecule has 1 aromatic rings. The van der Waals surface area contributed by atoms with Gasteiger partial charge in [-0.1, -0.05) is 19.1 Å². The van der Waals surface area contributed by atoms with Gasteiger partial charge in [-0.3, -0.25) is 0 Å². The van der Waals surface area contributed by atoms with E-state index in [1.807, 2.05) is 12.1 Å². The average molecular weight is 293 g/mol. The van der Waals surface area contributed by atoms with Crippen LogP contribution in [0, 0.1) is 12.7 Å². The molecule has 1 unspecified atom stereocenters. The summed E-state index contributed by atoms with van der Waals surface area (Å²) in [6.07, 6.45) is 2.11. The minimum absolute atomic E-state index is 0.0752. The Morgan fingerprint density at radius 3 is 2.33 bits per heavy atom. The van der Waals surface area contributed by atoms with Crippen LogP contribution in [-0.2, 0) is 0 Å². The Labute approximate surface area is 127 Å². The standard InChI is InChI=1S/C17H28FN3/c1-3-7-20-9-11-21(12-10-20)8-6-17(19)15-5-4-14(2)16(18)13-15/h4-5,13,17H,3,6-12,19H2,1-2H3. The van der Waals surface area contributed by atoms with E-state index in [2.05, 4.69) is 16.7 Å². The number of halogens is 1. The second-order valence-electron chi connectivity index (χ2n) is 6.09. The lowest BCUT2D eigenvalue weighted by atomic mass is 10.0. The van der Waals surface area contributed by atoms with Crippen molar-refractivity contribution < 1.29 is 4.39 Å². The van der Waals surface area contributed by atoms with Crippen molar-refractivity contribution in [3.8, 4) is 0 Å². The molecule has 0 bridgehead atoms. The van der Waals surface area contributed by atoms with Gasteiger partial charge >= 0.3 is 0 Å². The van der Waals surface area contributed by atoms with Gasteiger partial charge < -0.3 is 15.5 Å². The van der Waals surface area contributed by atoms with E-state index < -0.39 is 0 Å². The molecule has 0 amide bonds. The lowest BCUT2D eigenvalue weighted by Gasteiger charge is -2.35. The molecule has 3 nitrogen and oxygen atoms in total. The molecule has 1 fully saturated rings. The highest BCUT2D eigenvalue weighted by molar-refractivity contribution is 5.25. The summed E-state index contributed by atoms with van der Waals surface area (Å²) in [5.74, 6) is -0.156. The molecule has 21 heavy (non-hydrogen) atoms. The lowest BCUT2D eigenvalue weighted by Crippen LogP contribution is -2.47. The number of aryl methyl sites for hydroxylation is 1. The molecule has 2 rings (SSSR count). The zero-order valence-electron chi connectivity index (χ0n) is 13.3. The van der Waals surface area contributed by atoms with Crippen LogP contribution in [0.1, 0.15) is 36.9 Å². The maximum absolute atomic E-state index is 13.6. The van der Waals surface area contributed by atoms with Crippen LogP contribution in [0.4, 0.5) is 4.39 Å². The maximum Gasteiger partial charge on any atom is 0.126 e. The topological polar surface area (TPSA) is 32.5 Å². The molecular formula is C17H28FN3. The van der Waals surface area contributed by atoms with Crippen molar-refractivity contribution in [3.63, 3.8) is 0 Å². The molecule has 0 aromatic heterocycles. The molecule has 2 N–H and O–H groups in total. The lowest BCUT2D eigenvalue weighted by molar-refractivity contribution is 0.130. The Kier molecular flexibility index (Phi) is 6.15. The zero-order valence-corrected chi connectivity index (χ0v) is 13.3. The monoisotopic (exact) mass is 293 g/mol. The average Bonchev–Trinajstić information content (AvgIpc) is 2.49. The summed E-state index contributed by atoms with van der Waals surface area (Å²) in [6.45, 7) is 10.8. The van der Waals surface area contributed by atoms with Crippen LogP contribution in [0.3, 0.4) is 0 Å². The highest BCUT2D eigenvalue weighted by Crippen LogP contribution is 2.18. The van der Waals surface area contributed by atoms with E-state index >= 15 is 0 Å². The minimum atomic E-state index is -0.156. The second kappa shape index (κ2) is 7.87. The molecule has 1 saturated heterocycles. The number of nitrogens with two attached hydrogens (primary N) is 1. The summed E-state index contributed by atoms with van der Waals surface area (Å²) in [6, 6.07) is 5.27. The van der Waals surface area contributed by atoms with Gasteiger partial charge in [0.2, 0.25) is 0 Å². The SMILES string of the molecule is CCCN1CCN(CCC(N)c2ccc(C)c(F)c2)CC1. The van der Waals surface area contributed by atoms with Gasteiger partial charge in [0.25, 0.3) is 0 Å². The summed E-state index contributed by atoms with van der Waals surface area (Å²) in [5.41, 5.74) is 7.79. The third kappa shape index (κ3) is 4.77. The normalized spacial score (nSPS) is 18.9. The molecule has 0 aliphatic carbocycles. The van der Waals surface area contributed by atoms with Crippen LogP contribution in [-0.4, -0.2) is 49.1 Å². The van der Waals surface area contributed by atoms with Crippen molar-refractivity contribution in [2.75, 3.05) is 39.3 Å². The predicted molar refractivity (Wildman–Crippen MR) is 85.9 cm³/mol. The zero-order chi connectivity index (χ0) is 15.2. The van der Waals surface area contributed by atoms with Gasteiger partial charge in [0.05, 0.1) is 0 Å². The predicted octanol–water partition coefficient (Wildman–Crippen LogP) is 2.55.